The third kappa shape index (κ3) is 3.15. The molecule has 0 bridgehead atoms. The van der Waals surface area contributed by atoms with Gasteiger partial charge in [0.25, 0.3) is 0 Å². The van der Waals surface area contributed by atoms with Crippen molar-refractivity contribution in [2.24, 2.45) is 0 Å². The molecule has 0 atom stereocenters. The van der Waals surface area contributed by atoms with E-state index in [1.807, 2.05) is 48.5 Å². The lowest BCUT2D eigenvalue weighted by Gasteiger charge is -2.09. The minimum absolute atomic E-state index is 0.540. The Bertz CT molecular complexity index is 1020. The summed E-state index contributed by atoms with van der Waals surface area (Å²) in [7, 11) is 0. The number of para-hydroxylation sites is 1. The van der Waals surface area contributed by atoms with Crippen molar-refractivity contribution >= 4 is 21.6 Å². The first-order valence-corrected chi connectivity index (χ1v) is 8.46. The number of hydrogen-bond donors (Lipinski definition) is 0. The van der Waals surface area contributed by atoms with Gasteiger partial charge in [-0.1, -0.05) is 42.5 Å². The zero-order valence-corrected chi connectivity index (χ0v) is 13.7. The van der Waals surface area contributed by atoms with E-state index < -0.39 is 11.7 Å². The molecule has 1 heterocycles. The van der Waals surface area contributed by atoms with Gasteiger partial charge in [-0.05, 0) is 41.5 Å². The van der Waals surface area contributed by atoms with Crippen molar-refractivity contribution < 1.29 is 13.2 Å². The molecule has 0 aliphatic heterocycles. The van der Waals surface area contributed by atoms with E-state index in [0.717, 1.165) is 32.4 Å². The lowest BCUT2D eigenvalue weighted by molar-refractivity contribution is -0.137. The molecule has 25 heavy (non-hydrogen) atoms. The molecular formula is C20H12F3NS. The Kier molecular flexibility index (Phi) is 3.81. The molecular weight excluding hydrogens is 343 g/mol. The van der Waals surface area contributed by atoms with Crippen molar-refractivity contribution in [3.8, 4) is 21.7 Å². The lowest BCUT2D eigenvalue weighted by Crippen LogP contribution is -2.04. The third-order valence-corrected chi connectivity index (χ3v) is 5.01. The van der Waals surface area contributed by atoms with Crippen LogP contribution in [0.25, 0.3) is 31.9 Å². The highest BCUT2D eigenvalue weighted by Crippen LogP contribution is 2.35. The van der Waals surface area contributed by atoms with E-state index in [1.165, 1.54) is 12.1 Å². The first-order valence-electron chi connectivity index (χ1n) is 7.64. The van der Waals surface area contributed by atoms with Gasteiger partial charge in [-0.3, -0.25) is 0 Å². The summed E-state index contributed by atoms with van der Waals surface area (Å²) < 4.78 is 39.9. The zero-order chi connectivity index (χ0) is 17.4. The topological polar surface area (TPSA) is 12.9 Å². The number of nitrogens with zero attached hydrogens (tertiary/aromatic N) is 1. The highest BCUT2D eigenvalue weighted by atomic mass is 32.1. The van der Waals surface area contributed by atoms with Crippen LogP contribution < -0.4 is 0 Å². The third-order valence-electron chi connectivity index (χ3n) is 3.93. The van der Waals surface area contributed by atoms with E-state index in [1.54, 1.807) is 17.4 Å². The van der Waals surface area contributed by atoms with Crippen molar-refractivity contribution in [1.29, 1.82) is 0 Å². The van der Waals surface area contributed by atoms with Crippen LogP contribution in [0, 0.1) is 0 Å². The first-order chi connectivity index (χ1) is 12.0. The molecule has 4 aromatic rings. The van der Waals surface area contributed by atoms with Crippen molar-refractivity contribution in [1.82, 2.24) is 4.98 Å². The van der Waals surface area contributed by atoms with E-state index in [9.17, 15) is 13.2 Å². The summed E-state index contributed by atoms with van der Waals surface area (Å²) in [5.74, 6) is 0. The Hall–Kier alpha value is -2.66. The number of alkyl halides is 3. The second kappa shape index (κ2) is 6.01. The van der Waals surface area contributed by atoms with Crippen molar-refractivity contribution in [2.75, 3.05) is 0 Å². The number of thiazole rings is 1. The molecule has 0 fully saturated rings. The minimum Gasteiger partial charge on any atom is -0.236 e. The molecule has 3 aromatic carbocycles. The molecule has 1 nitrogen and oxygen atoms in total. The lowest BCUT2D eigenvalue weighted by atomic mass is 10.0. The molecule has 0 unspecified atom stereocenters. The number of aromatic nitrogens is 1. The Morgan fingerprint density at radius 3 is 2.16 bits per heavy atom. The van der Waals surface area contributed by atoms with Crippen molar-refractivity contribution in [3.63, 3.8) is 0 Å². The van der Waals surface area contributed by atoms with Crippen LogP contribution in [-0.2, 0) is 6.18 Å². The van der Waals surface area contributed by atoms with Gasteiger partial charge in [0, 0.05) is 5.56 Å². The molecule has 0 N–H and O–H groups in total. The number of benzene rings is 3. The molecule has 1 aromatic heterocycles. The SMILES string of the molecule is FC(F)(F)c1cccc(-c2cccc(-c3nc4ccccc4s3)c2)c1. The average Bonchev–Trinajstić information content (AvgIpc) is 3.05. The smallest absolute Gasteiger partial charge is 0.236 e. The van der Waals surface area contributed by atoms with Crippen LogP contribution in [-0.4, -0.2) is 4.98 Å². The van der Waals surface area contributed by atoms with Gasteiger partial charge < -0.3 is 0 Å². The molecule has 124 valence electrons. The van der Waals surface area contributed by atoms with Gasteiger partial charge in [-0.15, -0.1) is 11.3 Å². The molecule has 0 amide bonds. The van der Waals surface area contributed by atoms with E-state index >= 15 is 0 Å². The molecule has 5 heteroatoms. The van der Waals surface area contributed by atoms with Gasteiger partial charge in [-0.25, -0.2) is 4.98 Å². The van der Waals surface area contributed by atoms with Crippen LogP contribution in [0.5, 0.6) is 0 Å². The van der Waals surface area contributed by atoms with Crippen LogP contribution in [0.4, 0.5) is 13.2 Å². The highest BCUT2D eigenvalue weighted by Gasteiger charge is 2.30. The molecule has 0 saturated carbocycles. The normalized spacial score (nSPS) is 11.8. The molecule has 0 aliphatic carbocycles. The van der Waals surface area contributed by atoms with Crippen molar-refractivity contribution in [2.45, 2.75) is 6.18 Å². The van der Waals surface area contributed by atoms with Crippen molar-refractivity contribution in [3.05, 3.63) is 78.4 Å². The monoisotopic (exact) mass is 355 g/mol. The quantitative estimate of drug-likeness (QED) is 0.392. The van der Waals surface area contributed by atoms with E-state index in [4.69, 9.17) is 0 Å². The van der Waals surface area contributed by atoms with Crippen LogP contribution >= 0.6 is 11.3 Å². The zero-order valence-electron chi connectivity index (χ0n) is 12.9. The Labute approximate surface area is 146 Å². The predicted octanol–water partition coefficient (Wildman–Crippen LogP) is 6.65. The molecule has 0 aliphatic rings. The second-order valence-electron chi connectivity index (χ2n) is 5.65. The van der Waals surface area contributed by atoms with Gasteiger partial charge >= 0.3 is 6.18 Å². The molecule has 0 saturated heterocycles. The summed E-state index contributed by atoms with van der Waals surface area (Å²) in [6, 6.07) is 20.7. The van der Waals surface area contributed by atoms with Crippen LogP contribution in [0.2, 0.25) is 0 Å². The molecule has 0 radical (unpaired) electrons. The van der Waals surface area contributed by atoms with E-state index in [2.05, 4.69) is 4.98 Å². The summed E-state index contributed by atoms with van der Waals surface area (Å²) >= 11 is 1.57. The summed E-state index contributed by atoms with van der Waals surface area (Å²) in [5, 5.41) is 0.857. The first kappa shape index (κ1) is 15.8. The van der Waals surface area contributed by atoms with Gasteiger partial charge in [0.2, 0.25) is 0 Å². The molecule has 0 spiro atoms. The Morgan fingerprint density at radius 1 is 0.720 bits per heavy atom. The fraction of sp³-hybridized carbons (Fsp3) is 0.0500. The predicted molar refractivity (Wildman–Crippen MR) is 95.5 cm³/mol. The summed E-state index contributed by atoms with van der Waals surface area (Å²) in [6.07, 6.45) is -4.35. The van der Waals surface area contributed by atoms with E-state index in [-0.39, 0.29) is 0 Å². The number of fused-ring (bicyclic) bond motifs is 1. The van der Waals surface area contributed by atoms with Gasteiger partial charge in [0.05, 0.1) is 15.8 Å². The van der Waals surface area contributed by atoms with Crippen LogP contribution in [0.15, 0.2) is 72.8 Å². The molecule has 4 rings (SSSR count). The Balaban J connectivity index is 1.77. The maximum atomic E-state index is 12.9. The fourth-order valence-corrected chi connectivity index (χ4v) is 3.66. The van der Waals surface area contributed by atoms with Gasteiger partial charge in [0.15, 0.2) is 0 Å². The largest absolute Gasteiger partial charge is 0.416 e. The van der Waals surface area contributed by atoms with Gasteiger partial charge in [-0.2, -0.15) is 13.2 Å². The summed E-state index contributed by atoms with van der Waals surface area (Å²) in [4.78, 5) is 4.61. The summed E-state index contributed by atoms with van der Waals surface area (Å²) in [5.41, 5.74) is 2.46. The highest BCUT2D eigenvalue weighted by molar-refractivity contribution is 7.21. The maximum absolute atomic E-state index is 12.9. The minimum atomic E-state index is -4.35. The maximum Gasteiger partial charge on any atom is 0.416 e. The second-order valence-corrected chi connectivity index (χ2v) is 6.68. The van der Waals surface area contributed by atoms with Crippen LogP contribution in [0.1, 0.15) is 5.56 Å². The van der Waals surface area contributed by atoms with E-state index in [0.29, 0.717) is 5.56 Å². The van der Waals surface area contributed by atoms with Gasteiger partial charge in [0.1, 0.15) is 5.01 Å². The Morgan fingerprint density at radius 2 is 1.40 bits per heavy atom. The summed E-state index contributed by atoms with van der Waals surface area (Å²) in [6.45, 7) is 0. The average molecular weight is 355 g/mol. The number of hydrogen-bond acceptors (Lipinski definition) is 2. The number of rotatable bonds is 2. The standard InChI is InChI=1S/C20H12F3NS/c21-20(22,23)16-8-4-6-14(12-16)13-5-3-7-15(11-13)19-24-17-9-1-2-10-18(17)25-19/h1-12H. The fourth-order valence-electron chi connectivity index (χ4n) is 2.70. The van der Waals surface area contributed by atoms with Crippen LogP contribution in [0.3, 0.4) is 0 Å². The number of halogens is 3.